The Bertz CT molecular complexity index is 776. The van der Waals surface area contributed by atoms with Gasteiger partial charge in [0.25, 0.3) is 5.91 Å². The van der Waals surface area contributed by atoms with Crippen molar-refractivity contribution in [3.63, 3.8) is 0 Å². The molecule has 5 heteroatoms. The van der Waals surface area contributed by atoms with Gasteiger partial charge in [-0.1, -0.05) is 18.2 Å². The van der Waals surface area contributed by atoms with Crippen molar-refractivity contribution in [3.05, 3.63) is 46.8 Å². The van der Waals surface area contributed by atoms with E-state index in [0.717, 1.165) is 36.1 Å². The van der Waals surface area contributed by atoms with E-state index in [0.29, 0.717) is 18.2 Å². The average molecular weight is 324 g/mol. The molecule has 0 saturated heterocycles. The minimum atomic E-state index is -0.0865. The molecule has 1 atom stereocenters. The van der Waals surface area contributed by atoms with E-state index >= 15 is 0 Å². The molecule has 1 fully saturated rings. The number of amides is 1. The quantitative estimate of drug-likeness (QED) is 0.885. The SMILES string of the molecule is Cc1ccccc1-n1nc(C(=O)NCC(N)C2CC2)c2c1CCC2. The van der Waals surface area contributed by atoms with E-state index in [1.165, 1.54) is 18.5 Å². The lowest BCUT2D eigenvalue weighted by Gasteiger charge is -2.11. The number of hydrogen-bond acceptors (Lipinski definition) is 3. The molecule has 0 bridgehead atoms. The third-order valence-corrected chi connectivity index (χ3v) is 5.21. The summed E-state index contributed by atoms with van der Waals surface area (Å²) >= 11 is 0. The van der Waals surface area contributed by atoms with Crippen LogP contribution in [0.5, 0.6) is 0 Å². The highest BCUT2D eigenvalue weighted by molar-refractivity contribution is 5.94. The van der Waals surface area contributed by atoms with Crippen molar-refractivity contribution in [2.75, 3.05) is 6.54 Å². The van der Waals surface area contributed by atoms with Crippen molar-refractivity contribution in [1.82, 2.24) is 15.1 Å². The van der Waals surface area contributed by atoms with E-state index in [2.05, 4.69) is 29.5 Å². The Morgan fingerprint density at radius 2 is 2.17 bits per heavy atom. The monoisotopic (exact) mass is 324 g/mol. The first-order chi connectivity index (χ1) is 11.6. The van der Waals surface area contributed by atoms with E-state index in [-0.39, 0.29) is 11.9 Å². The molecule has 0 spiro atoms. The first-order valence-corrected chi connectivity index (χ1v) is 8.85. The first kappa shape index (κ1) is 15.4. The fourth-order valence-corrected chi connectivity index (χ4v) is 3.61. The summed E-state index contributed by atoms with van der Waals surface area (Å²) < 4.78 is 1.97. The number of nitrogens with one attached hydrogen (secondary N) is 1. The van der Waals surface area contributed by atoms with Crippen LogP contribution in [0.3, 0.4) is 0 Å². The van der Waals surface area contributed by atoms with Crippen molar-refractivity contribution in [2.24, 2.45) is 11.7 Å². The molecule has 2 aliphatic rings. The third-order valence-electron chi connectivity index (χ3n) is 5.21. The molecule has 0 radical (unpaired) electrons. The molecule has 1 amide bonds. The highest BCUT2D eigenvalue weighted by Crippen LogP contribution is 2.31. The van der Waals surface area contributed by atoms with E-state index in [9.17, 15) is 4.79 Å². The largest absolute Gasteiger partial charge is 0.349 e. The van der Waals surface area contributed by atoms with Crippen LogP contribution in [0.4, 0.5) is 0 Å². The number of hydrogen-bond donors (Lipinski definition) is 2. The van der Waals surface area contributed by atoms with Gasteiger partial charge < -0.3 is 11.1 Å². The van der Waals surface area contributed by atoms with E-state index in [1.54, 1.807) is 0 Å². The summed E-state index contributed by atoms with van der Waals surface area (Å²) in [5, 5.41) is 7.65. The van der Waals surface area contributed by atoms with Crippen molar-refractivity contribution >= 4 is 5.91 Å². The Balaban J connectivity index is 1.61. The molecule has 24 heavy (non-hydrogen) atoms. The Kier molecular flexibility index (Phi) is 3.88. The highest BCUT2D eigenvalue weighted by atomic mass is 16.2. The summed E-state index contributed by atoms with van der Waals surface area (Å²) in [7, 11) is 0. The minimum absolute atomic E-state index is 0.0699. The summed E-state index contributed by atoms with van der Waals surface area (Å²) in [5.74, 6) is 0.497. The summed E-state index contributed by atoms with van der Waals surface area (Å²) in [6.07, 6.45) is 5.37. The lowest BCUT2D eigenvalue weighted by Crippen LogP contribution is -2.39. The number of nitrogens with zero attached hydrogens (tertiary/aromatic N) is 2. The van der Waals surface area contributed by atoms with Gasteiger partial charge in [-0.05, 0) is 56.6 Å². The van der Waals surface area contributed by atoms with Gasteiger partial charge in [0, 0.05) is 23.8 Å². The molecule has 1 aromatic carbocycles. The van der Waals surface area contributed by atoms with Crippen LogP contribution in [0.25, 0.3) is 5.69 Å². The first-order valence-electron chi connectivity index (χ1n) is 8.85. The van der Waals surface area contributed by atoms with Gasteiger partial charge in [0.2, 0.25) is 0 Å². The number of aryl methyl sites for hydroxylation is 1. The zero-order valence-corrected chi connectivity index (χ0v) is 14.1. The van der Waals surface area contributed by atoms with Gasteiger partial charge in [-0.25, -0.2) is 4.68 Å². The van der Waals surface area contributed by atoms with Crippen LogP contribution in [0.15, 0.2) is 24.3 Å². The normalized spacial score (nSPS) is 17.6. The Hall–Kier alpha value is -2.14. The topological polar surface area (TPSA) is 72.9 Å². The van der Waals surface area contributed by atoms with Gasteiger partial charge in [0.15, 0.2) is 5.69 Å². The standard InChI is InChI=1S/C19H24N4O/c1-12-5-2-3-7-16(12)23-17-8-4-6-14(17)18(22-23)19(24)21-11-15(20)13-9-10-13/h2-3,5,7,13,15H,4,6,8-11,20H2,1H3,(H,21,24). The number of nitrogens with two attached hydrogens (primary N) is 1. The van der Waals surface area contributed by atoms with Crippen LogP contribution in [0.1, 0.15) is 46.6 Å². The zero-order valence-electron chi connectivity index (χ0n) is 14.1. The number of benzene rings is 1. The maximum Gasteiger partial charge on any atom is 0.272 e. The van der Waals surface area contributed by atoms with Crippen molar-refractivity contribution in [3.8, 4) is 5.69 Å². The molecule has 1 heterocycles. The Labute approximate surface area is 142 Å². The lowest BCUT2D eigenvalue weighted by atomic mass is 10.1. The number of para-hydroxylation sites is 1. The molecule has 2 aromatic rings. The van der Waals surface area contributed by atoms with Crippen molar-refractivity contribution in [1.29, 1.82) is 0 Å². The summed E-state index contributed by atoms with van der Waals surface area (Å²) in [6, 6.07) is 8.24. The van der Waals surface area contributed by atoms with Gasteiger partial charge in [0.1, 0.15) is 0 Å². The molecule has 1 saturated carbocycles. The summed E-state index contributed by atoms with van der Waals surface area (Å²) in [6.45, 7) is 2.61. The Morgan fingerprint density at radius 3 is 2.92 bits per heavy atom. The number of carbonyl (C=O) groups is 1. The molecular formula is C19H24N4O. The van der Waals surface area contributed by atoms with E-state index in [1.807, 2.05) is 16.8 Å². The molecule has 1 aromatic heterocycles. The fourth-order valence-electron chi connectivity index (χ4n) is 3.61. The second-order valence-corrected chi connectivity index (χ2v) is 7.04. The molecule has 3 N–H and O–H groups in total. The summed E-state index contributed by atoms with van der Waals surface area (Å²) in [4.78, 5) is 12.6. The minimum Gasteiger partial charge on any atom is -0.349 e. The van der Waals surface area contributed by atoms with Gasteiger partial charge in [-0.2, -0.15) is 5.10 Å². The van der Waals surface area contributed by atoms with E-state index in [4.69, 9.17) is 5.73 Å². The predicted molar refractivity (Wildman–Crippen MR) is 93.4 cm³/mol. The van der Waals surface area contributed by atoms with Crippen LogP contribution >= 0.6 is 0 Å². The zero-order chi connectivity index (χ0) is 16.7. The van der Waals surface area contributed by atoms with Gasteiger partial charge in [0.05, 0.1) is 5.69 Å². The van der Waals surface area contributed by atoms with Gasteiger partial charge in [-0.3, -0.25) is 4.79 Å². The number of fused-ring (bicyclic) bond motifs is 1. The Morgan fingerprint density at radius 1 is 1.38 bits per heavy atom. The summed E-state index contributed by atoms with van der Waals surface area (Å²) in [5.41, 5.74) is 11.2. The van der Waals surface area contributed by atoms with Crippen LogP contribution in [0.2, 0.25) is 0 Å². The second-order valence-electron chi connectivity index (χ2n) is 7.04. The number of carbonyl (C=O) groups excluding carboxylic acids is 1. The van der Waals surface area contributed by atoms with Crippen molar-refractivity contribution in [2.45, 2.75) is 45.1 Å². The smallest absolute Gasteiger partial charge is 0.272 e. The van der Waals surface area contributed by atoms with Crippen LogP contribution in [0, 0.1) is 12.8 Å². The van der Waals surface area contributed by atoms with Crippen molar-refractivity contribution < 1.29 is 4.79 Å². The molecule has 5 nitrogen and oxygen atoms in total. The third kappa shape index (κ3) is 2.73. The van der Waals surface area contributed by atoms with Gasteiger partial charge >= 0.3 is 0 Å². The van der Waals surface area contributed by atoms with Crippen LogP contribution < -0.4 is 11.1 Å². The number of rotatable bonds is 5. The van der Waals surface area contributed by atoms with E-state index < -0.39 is 0 Å². The second kappa shape index (κ2) is 6.06. The molecule has 1 unspecified atom stereocenters. The molecule has 2 aliphatic carbocycles. The predicted octanol–water partition coefficient (Wildman–Crippen LogP) is 2.14. The van der Waals surface area contributed by atoms with Crippen LogP contribution in [-0.2, 0) is 12.8 Å². The molecular weight excluding hydrogens is 300 g/mol. The maximum atomic E-state index is 12.6. The maximum absolute atomic E-state index is 12.6. The number of aromatic nitrogens is 2. The molecule has 4 rings (SSSR count). The lowest BCUT2D eigenvalue weighted by molar-refractivity contribution is 0.0944. The van der Waals surface area contributed by atoms with Crippen LogP contribution in [-0.4, -0.2) is 28.3 Å². The fraction of sp³-hybridized carbons (Fsp3) is 0.474. The molecule has 126 valence electrons. The van der Waals surface area contributed by atoms with Gasteiger partial charge in [-0.15, -0.1) is 0 Å². The highest BCUT2D eigenvalue weighted by Gasteiger charge is 2.30. The molecule has 0 aliphatic heterocycles. The average Bonchev–Trinajstić information content (AvgIpc) is 3.22.